The van der Waals surface area contributed by atoms with Gasteiger partial charge in [-0.3, -0.25) is 0 Å². The molecule has 0 N–H and O–H groups in total. The van der Waals surface area contributed by atoms with Crippen LogP contribution in [0.25, 0.3) is 0 Å². The minimum Gasteiger partial charge on any atom is -0.497 e. The molecule has 4 unspecified atom stereocenters. The zero-order valence-electron chi connectivity index (χ0n) is 32.2. The van der Waals surface area contributed by atoms with E-state index in [0.717, 1.165) is 84.0 Å². The molecule has 0 radical (unpaired) electrons. The fourth-order valence-corrected chi connectivity index (χ4v) is 8.15. The standard InChI is InChI=1S/C42H54N2O9.ClH/c1-43(27-31-9-12-37-40(24-31)51-22-21-50-37)18-15-32(28-43)29-53-42(46)14-13-41(45)52-20-6-17-44(2)19-16-33-25-38(48-4)39(49-5)26-35(33)36(44)23-30-7-10-34(47-3)11-8-30;/h7-14,24-26,32,36H,6,15-23,27-29H2,1-5H3;1H/q+2;. The van der Waals surface area contributed by atoms with Crippen molar-refractivity contribution in [3.8, 4) is 28.7 Å². The monoisotopic (exact) mass is 766 g/mol. The Hall–Kier alpha value is -4.45. The molecule has 0 amide bonds. The molecule has 6 rings (SSSR count). The van der Waals surface area contributed by atoms with E-state index < -0.39 is 11.9 Å². The highest BCUT2D eigenvalue weighted by molar-refractivity contribution is 5.91. The summed E-state index contributed by atoms with van der Waals surface area (Å²) in [6, 6.07) is 18.7. The Morgan fingerprint density at radius 1 is 0.815 bits per heavy atom. The van der Waals surface area contributed by atoms with Crippen LogP contribution >= 0.6 is 12.4 Å². The molecule has 3 aromatic carbocycles. The van der Waals surface area contributed by atoms with E-state index in [1.165, 1.54) is 34.4 Å². The lowest BCUT2D eigenvalue weighted by Crippen LogP contribution is -2.52. The fourth-order valence-electron chi connectivity index (χ4n) is 8.15. The van der Waals surface area contributed by atoms with E-state index in [2.05, 4.69) is 50.5 Å². The van der Waals surface area contributed by atoms with Crippen molar-refractivity contribution in [1.29, 1.82) is 0 Å². The van der Waals surface area contributed by atoms with Crippen LogP contribution in [0.1, 0.15) is 41.1 Å². The quantitative estimate of drug-likeness (QED) is 0.0812. The van der Waals surface area contributed by atoms with Crippen molar-refractivity contribution in [2.24, 2.45) is 5.92 Å². The normalized spacial score (nSPS) is 22.8. The van der Waals surface area contributed by atoms with E-state index in [0.29, 0.717) is 32.0 Å². The summed E-state index contributed by atoms with van der Waals surface area (Å²) in [5.41, 5.74) is 4.91. The number of nitrogens with zero attached hydrogens (tertiary/aromatic N) is 2. The minimum atomic E-state index is -0.551. The number of carbonyl (C=O) groups is 2. The molecule has 12 heteroatoms. The summed E-state index contributed by atoms with van der Waals surface area (Å²) in [5.74, 6) is 3.04. The van der Waals surface area contributed by atoms with Gasteiger partial charge in [-0.25, -0.2) is 9.59 Å². The van der Waals surface area contributed by atoms with Crippen molar-refractivity contribution in [2.75, 3.05) is 88.0 Å². The molecule has 11 nitrogen and oxygen atoms in total. The summed E-state index contributed by atoms with van der Waals surface area (Å²) in [5, 5.41) is 0. The average molecular weight is 767 g/mol. The zero-order valence-corrected chi connectivity index (χ0v) is 33.0. The van der Waals surface area contributed by atoms with Crippen LogP contribution in [0.2, 0.25) is 0 Å². The largest absolute Gasteiger partial charge is 0.497 e. The first-order chi connectivity index (χ1) is 25.6. The third-order valence-corrected chi connectivity index (χ3v) is 11.1. The minimum absolute atomic E-state index is 0. The van der Waals surface area contributed by atoms with Gasteiger partial charge in [0.1, 0.15) is 38.2 Å². The van der Waals surface area contributed by atoms with Crippen molar-refractivity contribution in [1.82, 2.24) is 0 Å². The molecule has 0 saturated carbocycles. The molecule has 3 aromatic rings. The molecule has 54 heavy (non-hydrogen) atoms. The Balaban J connectivity index is 0.00000561. The topological polar surface area (TPSA) is 98.8 Å². The van der Waals surface area contributed by atoms with Crippen molar-refractivity contribution < 1.29 is 51.7 Å². The molecule has 3 heterocycles. The Bertz CT molecular complexity index is 1780. The summed E-state index contributed by atoms with van der Waals surface area (Å²) in [4.78, 5) is 25.1. The highest BCUT2D eigenvalue weighted by Gasteiger charge is 2.40. The third kappa shape index (κ3) is 9.99. The van der Waals surface area contributed by atoms with E-state index in [4.69, 9.17) is 33.2 Å². The molecule has 3 aliphatic heterocycles. The summed E-state index contributed by atoms with van der Waals surface area (Å²) in [7, 11) is 9.51. The molecule has 292 valence electrons. The number of likely N-dealkylation sites (N-methyl/N-ethyl adjacent to an activating group) is 1. The van der Waals surface area contributed by atoms with Gasteiger partial charge in [-0.05, 0) is 53.6 Å². The number of benzene rings is 3. The van der Waals surface area contributed by atoms with Gasteiger partial charge < -0.3 is 42.1 Å². The molecule has 0 spiro atoms. The number of hydrogen-bond donors (Lipinski definition) is 0. The van der Waals surface area contributed by atoms with Crippen LogP contribution in [0, 0.1) is 5.92 Å². The van der Waals surface area contributed by atoms with Crippen LogP contribution < -0.4 is 23.7 Å². The van der Waals surface area contributed by atoms with Crippen LogP contribution in [0.5, 0.6) is 28.7 Å². The second-order valence-electron chi connectivity index (χ2n) is 15.0. The second-order valence-corrected chi connectivity index (χ2v) is 15.0. The molecule has 0 aromatic heterocycles. The summed E-state index contributed by atoms with van der Waals surface area (Å²) in [6.45, 7) is 6.22. The smallest absolute Gasteiger partial charge is 0.331 e. The maximum absolute atomic E-state index is 12.6. The SMILES string of the molecule is COc1ccc(CC2c3cc(OC)c(OC)cc3CC[N+]2(C)CCCOC(=O)C=CC(=O)OCC2CC[N+](C)(Cc3ccc4c(c3)OCCO4)C2)cc1.Cl. The predicted molar refractivity (Wildman–Crippen MR) is 207 cm³/mol. The summed E-state index contributed by atoms with van der Waals surface area (Å²) < 4.78 is 40.8. The van der Waals surface area contributed by atoms with Crippen molar-refractivity contribution >= 4 is 24.3 Å². The molecule has 3 aliphatic rings. The zero-order chi connectivity index (χ0) is 37.4. The van der Waals surface area contributed by atoms with Crippen LogP contribution in [-0.2, 0) is 38.4 Å². The predicted octanol–water partition coefficient (Wildman–Crippen LogP) is 5.89. The van der Waals surface area contributed by atoms with Crippen LogP contribution in [0.4, 0.5) is 0 Å². The first-order valence-electron chi connectivity index (χ1n) is 18.6. The average Bonchev–Trinajstić information content (AvgIpc) is 3.55. The molecule has 1 fully saturated rings. The second kappa shape index (κ2) is 18.3. The number of halogens is 1. The first-order valence-corrected chi connectivity index (χ1v) is 18.6. The van der Waals surface area contributed by atoms with Crippen LogP contribution in [-0.4, -0.2) is 109 Å². The number of carbonyl (C=O) groups excluding carboxylic acids is 2. The van der Waals surface area contributed by atoms with Gasteiger partial charge in [-0.1, -0.05) is 12.1 Å². The van der Waals surface area contributed by atoms with Crippen LogP contribution in [0.3, 0.4) is 0 Å². The van der Waals surface area contributed by atoms with E-state index in [-0.39, 0.29) is 31.0 Å². The van der Waals surface area contributed by atoms with Crippen LogP contribution in [0.15, 0.2) is 66.7 Å². The molecule has 0 aliphatic carbocycles. The van der Waals surface area contributed by atoms with Gasteiger partial charge in [0.25, 0.3) is 0 Å². The number of fused-ring (bicyclic) bond motifs is 2. The Morgan fingerprint density at radius 2 is 1.50 bits per heavy atom. The summed E-state index contributed by atoms with van der Waals surface area (Å²) >= 11 is 0. The number of likely N-dealkylation sites (tertiary alicyclic amines) is 1. The highest BCUT2D eigenvalue weighted by atomic mass is 35.5. The number of methoxy groups -OCH3 is 3. The Morgan fingerprint density at radius 3 is 2.22 bits per heavy atom. The molecule has 1 saturated heterocycles. The molecular weight excluding hydrogens is 712 g/mol. The fraction of sp³-hybridized carbons (Fsp3) is 0.476. The maximum Gasteiger partial charge on any atom is 0.331 e. The van der Waals surface area contributed by atoms with Crippen molar-refractivity contribution in [3.05, 3.63) is 89.0 Å². The molecule has 0 bridgehead atoms. The molecular formula is C42H55ClN2O9+2. The number of rotatable bonds is 15. The van der Waals surface area contributed by atoms with E-state index in [9.17, 15) is 9.59 Å². The Kier molecular flexibility index (Phi) is 13.8. The first kappa shape index (κ1) is 40.7. The number of hydrogen-bond acceptors (Lipinski definition) is 9. The number of ether oxygens (including phenoxy) is 7. The number of esters is 2. The lowest BCUT2D eigenvalue weighted by molar-refractivity contribution is -0.941. The van der Waals surface area contributed by atoms with Gasteiger partial charge in [-0.2, -0.15) is 0 Å². The summed E-state index contributed by atoms with van der Waals surface area (Å²) in [6.07, 6.45) is 5.70. The van der Waals surface area contributed by atoms with Gasteiger partial charge in [0, 0.05) is 54.9 Å². The van der Waals surface area contributed by atoms with E-state index >= 15 is 0 Å². The van der Waals surface area contributed by atoms with E-state index in [1.807, 2.05) is 18.2 Å². The Labute approximate surface area is 325 Å². The third-order valence-electron chi connectivity index (χ3n) is 11.1. The van der Waals surface area contributed by atoms with Gasteiger partial charge in [-0.15, -0.1) is 12.4 Å². The lowest BCUT2D eigenvalue weighted by Gasteiger charge is -2.46. The van der Waals surface area contributed by atoms with Gasteiger partial charge in [0.2, 0.25) is 0 Å². The number of quaternary nitrogens is 2. The van der Waals surface area contributed by atoms with Gasteiger partial charge >= 0.3 is 11.9 Å². The van der Waals surface area contributed by atoms with Crippen molar-refractivity contribution in [2.45, 2.75) is 38.3 Å². The van der Waals surface area contributed by atoms with Gasteiger partial charge in [0.15, 0.2) is 23.0 Å². The molecule has 4 atom stereocenters. The maximum atomic E-state index is 12.6. The van der Waals surface area contributed by atoms with E-state index in [1.54, 1.807) is 21.3 Å². The highest BCUT2D eigenvalue weighted by Crippen LogP contribution is 2.42. The lowest BCUT2D eigenvalue weighted by atomic mass is 9.86. The van der Waals surface area contributed by atoms with Gasteiger partial charge in [0.05, 0.1) is 68.2 Å². The van der Waals surface area contributed by atoms with Crippen molar-refractivity contribution in [3.63, 3.8) is 0 Å².